The Morgan fingerprint density at radius 1 is 0.750 bits per heavy atom. The van der Waals surface area contributed by atoms with Crippen LogP contribution in [0.3, 0.4) is 0 Å². The molecule has 1 N–H and O–H groups in total. The number of hydrogen-bond acceptors (Lipinski definition) is 5. The van der Waals surface area contributed by atoms with Crippen molar-refractivity contribution < 1.29 is 19.5 Å². The Morgan fingerprint density at radius 2 is 1.28 bits per heavy atom. The number of anilines is 2. The molecule has 2 aliphatic rings. The predicted molar refractivity (Wildman–Crippen MR) is 138 cm³/mol. The van der Waals surface area contributed by atoms with E-state index in [1.54, 1.807) is 80.6 Å². The van der Waals surface area contributed by atoms with E-state index in [4.69, 9.17) is 0 Å². The van der Waals surface area contributed by atoms with Crippen LogP contribution in [0.15, 0.2) is 101 Å². The van der Waals surface area contributed by atoms with Gasteiger partial charge in [0, 0.05) is 0 Å². The SMILES string of the molecule is CC1=NN(c2ccccc2)C(=O)/C1=C(/c1ccccc1C(=O)O)[C@@H]1C(=O)N(c2ccccc2)N=C1C. The molecule has 0 fully saturated rings. The largest absolute Gasteiger partial charge is 0.478 e. The normalized spacial score (nSPS) is 18.9. The van der Waals surface area contributed by atoms with Gasteiger partial charge >= 0.3 is 5.97 Å². The van der Waals surface area contributed by atoms with Crippen LogP contribution >= 0.6 is 0 Å². The van der Waals surface area contributed by atoms with Crippen molar-refractivity contribution in [1.82, 2.24) is 0 Å². The van der Waals surface area contributed by atoms with Gasteiger partial charge in [0.1, 0.15) is 5.92 Å². The molecule has 0 spiro atoms. The number of hydrogen-bond donors (Lipinski definition) is 1. The highest BCUT2D eigenvalue weighted by Crippen LogP contribution is 2.39. The molecule has 0 unspecified atom stereocenters. The second-order valence-electron chi connectivity index (χ2n) is 8.44. The zero-order valence-electron chi connectivity index (χ0n) is 19.6. The van der Waals surface area contributed by atoms with Crippen LogP contribution in [0, 0.1) is 5.92 Å². The highest BCUT2D eigenvalue weighted by atomic mass is 16.4. The number of carboxylic acid groups (broad SMARTS) is 1. The third kappa shape index (κ3) is 3.78. The van der Waals surface area contributed by atoms with E-state index >= 15 is 0 Å². The summed E-state index contributed by atoms with van der Waals surface area (Å²) in [6.07, 6.45) is 0. The average molecular weight is 479 g/mol. The lowest BCUT2D eigenvalue weighted by atomic mass is 9.82. The van der Waals surface area contributed by atoms with Crippen LogP contribution < -0.4 is 10.0 Å². The standard InChI is InChI=1S/C28H22N4O4/c1-17-23(26(33)31(29-17)19-11-5-3-6-12-19)25(21-15-9-10-16-22(21)28(35)36)24-18(2)30-32(27(24)34)20-13-7-4-8-14-20/h3-16,23H,1-2H3,(H,35,36)/b25-24-/t23-/m1/s1. The Labute approximate surface area is 207 Å². The van der Waals surface area contributed by atoms with E-state index in [-0.39, 0.29) is 28.2 Å². The molecule has 36 heavy (non-hydrogen) atoms. The number of carbonyl (C=O) groups excluding carboxylic acids is 2. The van der Waals surface area contributed by atoms with Crippen LogP contribution in [0.1, 0.15) is 29.8 Å². The Balaban J connectivity index is 1.72. The zero-order chi connectivity index (χ0) is 25.4. The maximum atomic E-state index is 13.8. The second kappa shape index (κ2) is 9.07. The van der Waals surface area contributed by atoms with Crippen molar-refractivity contribution in [2.45, 2.75) is 13.8 Å². The molecule has 8 heteroatoms. The summed E-state index contributed by atoms with van der Waals surface area (Å²) in [7, 11) is 0. The minimum atomic E-state index is -1.16. The molecular weight excluding hydrogens is 456 g/mol. The van der Waals surface area contributed by atoms with E-state index in [1.807, 2.05) is 12.1 Å². The van der Waals surface area contributed by atoms with Gasteiger partial charge in [0.05, 0.1) is 33.9 Å². The molecule has 0 aromatic heterocycles. The minimum Gasteiger partial charge on any atom is -0.478 e. The van der Waals surface area contributed by atoms with Gasteiger partial charge in [-0.1, -0.05) is 54.6 Å². The van der Waals surface area contributed by atoms with E-state index in [2.05, 4.69) is 10.2 Å². The molecule has 0 saturated carbocycles. The lowest BCUT2D eigenvalue weighted by Crippen LogP contribution is -2.31. The molecule has 0 radical (unpaired) electrons. The van der Waals surface area contributed by atoms with E-state index < -0.39 is 17.8 Å². The fourth-order valence-electron chi connectivity index (χ4n) is 4.55. The number of carboxylic acids is 1. The highest BCUT2D eigenvalue weighted by Gasteiger charge is 2.43. The van der Waals surface area contributed by atoms with Crippen LogP contribution in [0.25, 0.3) is 5.57 Å². The van der Waals surface area contributed by atoms with Gasteiger partial charge in [-0.2, -0.15) is 20.2 Å². The summed E-state index contributed by atoms with van der Waals surface area (Å²) in [5.41, 5.74) is 2.71. The molecule has 3 aromatic carbocycles. The highest BCUT2D eigenvalue weighted by molar-refractivity contribution is 6.37. The van der Waals surface area contributed by atoms with Crippen molar-refractivity contribution in [3.63, 3.8) is 0 Å². The zero-order valence-corrected chi connectivity index (χ0v) is 19.6. The molecular formula is C28H22N4O4. The van der Waals surface area contributed by atoms with Crippen molar-refractivity contribution in [1.29, 1.82) is 0 Å². The summed E-state index contributed by atoms with van der Waals surface area (Å²) in [4.78, 5) is 39.8. The fraction of sp³-hybridized carbons (Fsp3) is 0.107. The molecule has 2 aliphatic heterocycles. The lowest BCUT2D eigenvalue weighted by molar-refractivity contribution is -0.118. The number of para-hydroxylation sites is 2. The number of rotatable bonds is 5. The summed E-state index contributed by atoms with van der Waals surface area (Å²) in [5.74, 6) is -2.94. The van der Waals surface area contributed by atoms with E-state index in [1.165, 1.54) is 16.1 Å². The van der Waals surface area contributed by atoms with E-state index in [0.29, 0.717) is 22.8 Å². The third-order valence-corrected chi connectivity index (χ3v) is 6.16. The van der Waals surface area contributed by atoms with Crippen LogP contribution in [0.2, 0.25) is 0 Å². The summed E-state index contributed by atoms with van der Waals surface area (Å²) >= 11 is 0. The van der Waals surface area contributed by atoms with Crippen LogP contribution in [0.5, 0.6) is 0 Å². The molecule has 2 amide bonds. The first-order valence-electron chi connectivity index (χ1n) is 11.3. The third-order valence-electron chi connectivity index (χ3n) is 6.16. The van der Waals surface area contributed by atoms with E-state index in [0.717, 1.165) is 0 Å². The topological polar surface area (TPSA) is 103 Å². The maximum Gasteiger partial charge on any atom is 0.336 e. The maximum absolute atomic E-state index is 13.8. The van der Waals surface area contributed by atoms with Crippen molar-refractivity contribution >= 4 is 46.2 Å². The first-order valence-corrected chi connectivity index (χ1v) is 11.3. The molecule has 8 nitrogen and oxygen atoms in total. The number of benzene rings is 3. The number of nitrogens with zero attached hydrogens (tertiary/aromatic N) is 4. The first kappa shape index (κ1) is 22.9. The van der Waals surface area contributed by atoms with Crippen LogP contribution in [0.4, 0.5) is 11.4 Å². The predicted octanol–water partition coefficient (Wildman–Crippen LogP) is 4.60. The lowest BCUT2D eigenvalue weighted by Gasteiger charge is -2.21. The number of carbonyl (C=O) groups is 3. The molecule has 5 rings (SSSR count). The van der Waals surface area contributed by atoms with Crippen molar-refractivity contribution in [3.05, 3.63) is 102 Å². The Bertz CT molecular complexity index is 1480. The number of amides is 2. The molecule has 2 heterocycles. The molecule has 3 aromatic rings. The average Bonchev–Trinajstić information content (AvgIpc) is 3.36. The van der Waals surface area contributed by atoms with Gasteiger partial charge in [0.15, 0.2) is 0 Å². The summed E-state index contributed by atoms with van der Waals surface area (Å²) in [6, 6.07) is 24.3. The van der Waals surface area contributed by atoms with Gasteiger partial charge in [-0.15, -0.1) is 0 Å². The van der Waals surface area contributed by atoms with Gasteiger partial charge in [-0.05, 0) is 55.3 Å². The molecule has 0 bridgehead atoms. The molecule has 178 valence electrons. The number of aromatic carboxylic acids is 1. The van der Waals surface area contributed by atoms with Gasteiger partial charge in [0.2, 0.25) is 0 Å². The summed E-state index contributed by atoms with van der Waals surface area (Å²) in [6.45, 7) is 3.39. The van der Waals surface area contributed by atoms with Gasteiger partial charge in [-0.3, -0.25) is 9.59 Å². The quantitative estimate of drug-likeness (QED) is 0.542. The summed E-state index contributed by atoms with van der Waals surface area (Å²) < 4.78 is 0. The Kier molecular flexibility index (Phi) is 5.77. The van der Waals surface area contributed by atoms with Gasteiger partial charge in [-0.25, -0.2) is 4.79 Å². The first-order chi connectivity index (χ1) is 17.4. The van der Waals surface area contributed by atoms with Crippen molar-refractivity contribution in [2.75, 3.05) is 10.0 Å². The smallest absolute Gasteiger partial charge is 0.336 e. The minimum absolute atomic E-state index is 0.0162. The molecule has 0 saturated heterocycles. The van der Waals surface area contributed by atoms with Gasteiger partial charge in [0.25, 0.3) is 11.8 Å². The number of hydrazone groups is 2. The van der Waals surface area contributed by atoms with E-state index in [9.17, 15) is 19.5 Å². The molecule has 0 aliphatic carbocycles. The Hall–Kier alpha value is -4.85. The van der Waals surface area contributed by atoms with Crippen LogP contribution in [-0.2, 0) is 9.59 Å². The monoisotopic (exact) mass is 478 g/mol. The summed E-state index contributed by atoms with van der Waals surface area (Å²) in [5, 5.41) is 21.5. The van der Waals surface area contributed by atoms with Crippen LogP contribution in [-0.4, -0.2) is 34.3 Å². The van der Waals surface area contributed by atoms with Crippen molar-refractivity contribution in [2.24, 2.45) is 16.1 Å². The molecule has 1 atom stereocenters. The van der Waals surface area contributed by atoms with Gasteiger partial charge < -0.3 is 5.11 Å². The second-order valence-corrected chi connectivity index (χ2v) is 8.44. The van der Waals surface area contributed by atoms with Crippen molar-refractivity contribution in [3.8, 4) is 0 Å². The fourth-order valence-corrected chi connectivity index (χ4v) is 4.55. The Morgan fingerprint density at radius 3 is 1.86 bits per heavy atom.